The smallest absolute Gasteiger partial charge is 0.274 e. The van der Waals surface area contributed by atoms with Crippen molar-refractivity contribution in [1.29, 1.82) is 0 Å². The highest BCUT2D eigenvalue weighted by molar-refractivity contribution is 6.01. The molecule has 7 atom stereocenters. The van der Waals surface area contributed by atoms with Gasteiger partial charge in [0.25, 0.3) is 11.8 Å². The molecule has 1 saturated carbocycles. The van der Waals surface area contributed by atoms with Crippen molar-refractivity contribution in [3.8, 4) is 11.5 Å². The van der Waals surface area contributed by atoms with E-state index < -0.39 is 77.9 Å². The number of carbonyl (C=O) groups is 4. The van der Waals surface area contributed by atoms with E-state index in [1.807, 2.05) is 0 Å². The van der Waals surface area contributed by atoms with Crippen LogP contribution < -0.4 is 38.9 Å². The number of hydrogen-bond acceptors (Lipinski definition) is 10. The molecule has 50 heavy (non-hydrogen) atoms. The quantitative estimate of drug-likeness (QED) is 0.0698. The van der Waals surface area contributed by atoms with Gasteiger partial charge in [0, 0.05) is 24.9 Å². The third-order valence-corrected chi connectivity index (χ3v) is 9.62. The average molecular weight is 695 g/mol. The van der Waals surface area contributed by atoms with E-state index >= 15 is 0 Å². The summed E-state index contributed by atoms with van der Waals surface area (Å²) < 4.78 is 0. The molecule has 1 aliphatic carbocycles. The van der Waals surface area contributed by atoms with Crippen molar-refractivity contribution >= 4 is 35.5 Å². The number of aliphatic hydroxyl groups is 2. The zero-order valence-electron chi connectivity index (χ0n) is 27.0. The molecule has 0 spiro atoms. The second-order valence-corrected chi connectivity index (χ2v) is 12.7. The lowest BCUT2D eigenvalue weighted by Crippen LogP contribution is -2.70. The van der Waals surface area contributed by atoms with Crippen LogP contribution in [0.1, 0.15) is 42.2 Å². The van der Waals surface area contributed by atoms with Gasteiger partial charge in [0.2, 0.25) is 17.5 Å². The van der Waals surface area contributed by atoms with E-state index in [4.69, 9.17) is 22.9 Å². The number of fused-ring (bicyclic) bond motifs is 2. The molecule has 18 nitrogen and oxygen atoms in total. The lowest BCUT2D eigenvalue weighted by Gasteiger charge is -2.53. The van der Waals surface area contributed by atoms with Crippen LogP contribution in [0, 0.1) is 5.92 Å². The predicted molar refractivity (Wildman–Crippen MR) is 179 cm³/mol. The minimum absolute atomic E-state index is 0.00768. The molecule has 18 heteroatoms. The monoisotopic (exact) mass is 694 g/mol. The van der Waals surface area contributed by atoms with Crippen LogP contribution in [0.4, 0.5) is 0 Å². The Kier molecular flexibility index (Phi) is 10.0. The number of nitrogens with one attached hydrogen (secondary N) is 3. The van der Waals surface area contributed by atoms with Gasteiger partial charge < -0.3 is 59.3 Å². The molecule has 0 unspecified atom stereocenters. The lowest BCUT2D eigenvalue weighted by atomic mass is 9.59. The summed E-state index contributed by atoms with van der Waals surface area (Å²) in [5.41, 5.74) is 18.0. The van der Waals surface area contributed by atoms with E-state index in [-0.39, 0.29) is 55.8 Å². The maximum Gasteiger partial charge on any atom is 0.274 e. The van der Waals surface area contributed by atoms with Gasteiger partial charge in [0.05, 0.1) is 24.5 Å². The van der Waals surface area contributed by atoms with Crippen LogP contribution in [0.2, 0.25) is 0 Å². The Morgan fingerprint density at radius 1 is 0.780 bits per heavy atom. The summed E-state index contributed by atoms with van der Waals surface area (Å²) in [6, 6.07) is 11.2. The second-order valence-electron chi connectivity index (χ2n) is 12.7. The number of aromatic hydroxyl groups is 2. The summed E-state index contributed by atoms with van der Waals surface area (Å²) in [5.74, 6) is -6.72. The molecule has 2 heterocycles. The number of hydrogen-bond donors (Lipinski definition) is 11. The average Bonchev–Trinajstić information content (AvgIpc) is 3.21. The van der Waals surface area contributed by atoms with E-state index in [9.17, 15) is 39.6 Å². The fourth-order valence-corrected chi connectivity index (χ4v) is 7.36. The van der Waals surface area contributed by atoms with E-state index in [0.29, 0.717) is 10.5 Å². The zero-order valence-corrected chi connectivity index (χ0v) is 27.0. The fourth-order valence-electron chi connectivity index (χ4n) is 7.36. The van der Waals surface area contributed by atoms with Gasteiger partial charge in [-0.3, -0.25) is 34.1 Å². The van der Waals surface area contributed by atoms with Crippen molar-refractivity contribution in [3.05, 3.63) is 59.7 Å². The first kappa shape index (κ1) is 35.7. The van der Waals surface area contributed by atoms with Gasteiger partial charge in [-0.1, -0.05) is 24.3 Å². The molecular formula is C32H42N10O8. The molecule has 5 rings (SSSR count). The molecule has 15 N–H and O–H groups in total. The number of nitrogens with two attached hydrogens (primary N) is 4. The Bertz CT molecular complexity index is 1680. The standard InChI is InChI=1S/C32H42N10O8/c33-29(34)37-12-1-11-31(49)20(10-13-38-30(35)36)32(50)27(47)39-14-21(45)40-25-23(16-2-6-18(43)7-3-16)24(17-4-8-19(44)9-5-17)26(25)41-22(46)15-42(32)28(31)48/h2-9,20,23-26,43-44,49-50H,1,10-15H2,(H,39,47)(H,40,45)(H,41,46)(H4,33,34,37)(H4,35,36,38)/t20-,23-,24+,25+,26-,31+,32+/m0/s1. The number of carbonyl (C=O) groups excluding carboxylic acids is 4. The Hall–Kier alpha value is -5.62. The first-order valence-corrected chi connectivity index (χ1v) is 16.0. The van der Waals surface area contributed by atoms with Crippen molar-refractivity contribution in [2.24, 2.45) is 38.8 Å². The van der Waals surface area contributed by atoms with Gasteiger partial charge in [-0.2, -0.15) is 0 Å². The van der Waals surface area contributed by atoms with Crippen LogP contribution >= 0.6 is 0 Å². The van der Waals surface area contributed by atoms with Gasteiger partial charge in [-0.05, 0) is 54.7 Å². The van der Waals surface area contributed by atoms with Gasteiger partial charge in [-0.25, -0.2) is 0 Å². The highest BCUT2D eigenvalue weighted by Crippen LogP contribution is 2.50. The van der Waals surface area contributed by atoms with E-state index in [1.54, 1.807) is 24.3 Å². The van der Waals surface area contributed by atoms with Crippen molar-refractivity contribution in [2.75, 3.05) is 26.2 Å². The van der Waals surface area contributed by atoms with Crippen molar-refractivity contribution in [2.45, 2.75) is 54.5 Å². The third kappa shape index (κ3) is 6.79. The van der Waals surface area contributed by atoms with Crippen LogP contribution in [0.5, 0.6) is 11.5 Å². The lowest BCUT2D eigenvalue weighted by molar-refractivity contribution is -0.174. The maximum atomic E-state index is 14.1. The molecule has 3 aliphatic rings. The minimum Gasteiger partial charge on any atom is -0.508 e. The summed E-state index contributed by atoms with van der Waals surface area (Å²) in [7, 11) is 0. The molecular weight excluding hydrogens is 652 g/mol. The molecule has 2 aliphatic heterocycles. The summed E-state index contributed by atoms with van der Waals surface area (Å²) in [5, 5.41) is 52.1. The summed E-state index contributed by atoms with van der Waals surface area (Å²) >= 11 is 0. The molecule has 0 aromatic heterocycles. The number of phenolic OH excluding ortho intramolecular Hbond substituents is 2. The number of aliphatic imine (C=N–C) groups is 2. The van der Waals surface area contributed by atoms with Gasteiger partial charge in [0.1, 0.15) is 18.0 Å². The first-order chi connectivity index (χ1) is 23.7. The van der Waals surface area contributed by atoms with Crippen molar-refractivity contribution < 1.29 is 39.6 Å². The Labute approximate surface area is 286 Å². The Morgan fingerprint density at radius 2 is 1.28 bits per heavy atom. The third-order valence-electron chi connectivity index (χ3n) is 9.62. The maximum absolute atomic E-state index is 14.1. The SMILES string of the molecule is NC(N)=NCCC[C@]1(O)C(=O)N2CC(=O)N[C@@H]3[C@H](NC(=O)CNC(=O)[C@]2(O)[C@H]1CCN=C(N)N)[C@@H](c1ccc(O)cc1)[C@H]3c1ccc(O)cc1. The molecule has 268 valence electrons. The summed E-state index contributed by atoms with van der Waals surface area (Å²) in [4.78, 5) is 63.5. The molecule has 2 aromatic carbocycles. The fraction of sp³-hybridized carbons (Fsp3) is 0.438. The number of guanidine groups is 2. The highest BCUT2D eigenvalue weighted by atomic mass is 16.4. The van der Waals surface area contributed by atoms with Crippen LogP contribution in [-0.2, 0) is 19.2 Å². The van der Waals surface area contributed by atoms with Crippen molar-refractivity contribution in [1.82, 2.24) is 20.9 Å². The molecule has 3 fully saturated rings. The minimum atomic E-state index is -2.82. The van der Waals surface area contributed by atoms with Crippen LogP contribution in [-0.4, -0.2) is 110 Å². The van der Waals surface area contributed by atoms with Crippen LogP contribution in [0.25, 0.3) is 0 Å². The summed E-state index contributed by atoms with van der Waals surface area (Å²) in [6.45, 7) is -1.67. The molecule has 0 radical (unpaired) electrons. The Balaban J connectivity index is 1.53. The zero-order chi connectivity index (χ0) is 36.4. The van der Waals surface area contributed by atoms with E-state index in [2.05, 4.69) is 25.9 Å². The first-order valence-electron chi connectivity index (χ1n) is 16.0. The topological polar surface area (TPSA) is 317 Å². The molecule has 0 bridgehead atoms. The van der Waals surface area contributed by atoms with E-state index in [0.717, 1.165) is 5.56 Å². The molecule has 2 aromatic rings. The number of benzene rings is 2. The number of rotatable bonds is 9. The number of amides is 4. The van der Waals surface area contributed by atoms with Crippen LogP contribution in [0.15, 0.2) is 58.5 Å². The van der Waals surface area contributed by atoms with E-state index in [1.165, 1.54) is 24.3 Å². The van der Waals surface area contributed by atoms with Gasteiger partial charge >= 0.3 is 0 Å². The van der Waals surface area contributed by atoms with Crippen LogP contribution in [0.3, 0.4) is 0 Å². The predicted octanol–water partition coefficient (Wildman–Crippen LogP) is -3.33. The summed E-state index contributed by atoms with van der Waals surface area (Å²) in [6.07, 6.45) is -0.542. The normalized spacial score (nSPS) is 29.5. The molecule has 2 saturated heterocycles. The van der Waals surface area contributed by atoms with Gasteiger partial charge in [-0.15, -0.1) is 0 Å². The number of phenols is 2. The van der Waals surface area contributed by atoms with Gasteiger partial charge in [0.15, 0.2) is 17.5 Å². The number of nitrogens with zero attached hydrogens (tertiary/aromatic N) is 3. The second kappa shape index (κ2) is 14.1. The largest absolute Gasteiger partial charge is 0.508 e. The molecule has 4 amide bonds. The Morgan fingerprint density at radius 3 is 1.80 bits per heavy atom. The van der Waals surface area contributed by atoms with Crippen molar-refractivity contribution in [3.63, 3.8) is 0 Å². The highest BCUT2D eigenvalue weighted by Gasteiger charge is 2.69.